The molecule has 0 aliphatic carbocycles. The Kier molecular flexibility index (Phi) is 6.40. The highest BCUT2D eigenvalue weighted by Gasteiger charge is 2.16. The van der Waals surface area contributed by atoms with E-state index in [4.69, 9.17) is 9.93 Å². The first-order valence-corrected chi connectivity index (χ1v) is 10.3. The third-order valence-corrected chi connectivity index (χ3v) is 4.97. The second-order valence-electron chi connectivity index (χ2n) is 7.35. The van der Waals surface area contributed by atoms with Gasteiger partial charge in [0.2, 0.25) is 0 Å². The predicted octanol–water partition coefficient (Wildman–Crippen LogP) is 4.81. The molecule has 3 heterocycles. The van der Waals surface area contributed by atoms with E-state index in [-0.39, 0.29) is 6.54 Å². The maximum Gasteiger partial charge on any atom is 0.320 e. The molecular formula is C24H23N7O2. The van der Waals surface area contributed by atoms with E-state index in [2.05, 4.69) is 31.1 Å². The molecule has 4 rings (SSSR count). The molecule has 4 N–H and O–H groups in total. The van der Waals surface area contributed by atoms with Crippen LogP contribution in [0, 0.1) is 19.3 Å². The fraction of sp³-hybridized carbons (Fsp3) is 0.125. The van der Waals surface area contributed by atoms with Gasteiger partial charge in [0.05, 0.1) is 18.4 Å². The molecule has 0 aliphatic rings. The highest BCUT2D eigenvalue weighted by atomic mass is 16.5. The summed E-state index contributed by atoms with van der Waals surface area (Å²) in [5.74, 6) is 0.966. The van der Waals surface area contributed by atoms with E-state index >= 15 is 0 Å². The third-order valence-electron chi connectivity index (χ3n) is 4.97. The molecule has 0 bridgehead atoms. The van der Waals surface area contributed by atoms with E-state index in [9.17, 15) is 4.79 Å². The quantitative estimate of drug-likeness (QED) is 0.305. The molecule has 0 saturated carbocycles. The lowest BCUT2D eigenvalue weighted by atomic mass is 10.1. The molecule has 0 radical (unpaired) electrons. The zero-order chi connectivity index (χ0) is 23.2. The van der Waals surface area contributed by atoms with Crippen molar-refractivity contribution in [1.29, 1.82) is 5.41 Å². The average molecular weight is 441 g/mol. The SMILES string of the molecule is Cc1cc(Nc2cnc(NC(=O)NCc3c(-c4ccccc4)noc3C)cc2C=N)ccn1. The number of carbonyl (C=O) groups is 1. The van der Waals surface area contributed by atoms with E-state index in [1.807, 2.05) is 56.3 Å². The molecule has 0 atom stereocenters. The lowest BCUT2D eigenvalue weighted by Gasteiger charge is -2.12. The van der Waals surface area contributed by atoms with Gasteiger partial charge in [-0.3, -0.25) is 10.3 Å². The lowest BCUT2D eigenvalue weighted by molar-refractivity contribution is 0.251. The van der Waals surface area contributed by atoms with Crippen molar-refractivity contribution in [3.63, 3.8) is 0 Å². The van der Waals surface area contributed by atoms with Gasteiger partial charge in [-0.25, -0.2) is 9.78 Å². The Hall–Kier alpha value is -4.53. The zero-order valence-electron chi connectivity index (χ0n) is 18.2. The fourth-order valence-electron chi connectivity index (χ4n) is 3.29. The molecule has 4 aromatic rings. The van der Waals surface area contributed by atoms with Gasteiger partial charge in [-0.05, 0) is 32.0 Å². The van der Waals surface area contributed by atoms with Crippen LogP contribution >= 0.6 is 0 Å². The van der Waals surface area contributed by atoms with E-state index < -0.39 is 6.03 Å². The lowest BCUT2D eigenvalue weighted by Crippen LogP contribution is -2.29. The van der Waals surface area contributed by atoms with E-state index in [1.54, 1.807) is 18.5 Å². The topological polar surface area (TPSA) is 129 Å². The highest BCUT2D eigenvalue weighted by Crippen LogP contribution is 2.25. The average Bonchev–Trinajstić information content (AvgIpc) is 3.19. The number of aromatic nitrogens is 3. The van der Waals surface area contributed by atoms with Gasteiger partial charge >= 0.3 is 6.03 Å². The summed E-state index contributed by atoms with van der Waals surface area (Å²) in [6.45, 7) is 3.95. The number of rotatable bonds is 7. The zero-order valence-corrected chi connectivity index (χ0v) is 18.2. The molecule has 0 spiro atoms. The number of amides is 2. The summed E-state index contributed by atoms with van der Waals surface area (Å²) in [6, 6.07) is 14.6. The summed E-state index contributed by atoms with van der Waals surface area (Å²) in [4.78, 5) is 20.9. The first kappa shape index (κ1) is 21.7. The van der Waals surface area contributed by atoms with Crippen molar-refractivity contribution >= 4 is 29.4 Å². The molecule has 0 fully saturated rings. The summed E-state index contributed by atoms with van der Waals surface area (Å²) in [6.07, 6.45) is 4.48. The second kappa shape index (κ2) is 9.73. The first-order valence-electron chi connectivity index (χ1n) is 10.3. The van der Waals surface area contributed by atoms with Gasteiger partial charge in [0.1, 0.15) is 17.3 Å². The van der Waals surface area contributed by atoms with Crippen LogP contribution in [0.15, 0.2) is 65.4 Å². The molecule has 9 heteroatoms. The van der Waals surface area contributed by atoms with Gasteiger partial charge in [-0.2, -0.15) is 0 Å². The van der Waals surface area contributed by atoms with Crippen molar-refractivity contribution in [2.75, 3.05) is 10.6 Å². The number of anilines is 3. The van der Waals surface area contributed by atoms with Gasteiger partial charge in [-0.15, -0.1) is 0 Å². The van der Waals surface area contributed by atoms with E-state index in [0.717, 1.165) is 22.5 Å². The Labute approximate surface area is 190 Å². The number of aryl methyl sites for hydroxylation is 2. The molecular weight excluding hydrogens is 418 g/mol. The van der Waals surface area contributed by atoms with Crippen LogP contribution in [0.3, 0.4) is 0 Å². The standard InChI is InChI=1S/C24H23N7O2/c1-15-10-19(8-9-26-15)29-21-14-27-22(11-18(21)12-25)30-24(32)28-13-20-16(2)33-31-23(20)17-6-4-3-5-7-17/h3-12,14,25H,13H2,1-2H3,(H,26,29)(H2,27,28,30,32). The molecule has 9 nitrogen and oxygen atoms in total. The Bertz CT molecular complexity index is 1290. The third kappa shape index (κ3) is 5.21. The highest BCUT2D eigenvalue weighted by molar-refractivity contribution is 5.92. The Morgan fingerprint density at radius 2 is 1.94 bits per heavy atom. The minimum Gasteiger partial charge on any atom is -0.361 e. The van der Waals surface area contributed by atoms with Crippen LogP contribution in [0.5, 0.6) is 0 Å². The second-order valence-corrected chi connectivity index (χ2v) is 7.35. The maximum atomic E-state index is 12.5. The van der Waals surface area contributed by atoms with Gasteiger partial charge < -0.3 is 20.6 Å². The van der Waals surface area contributed by atoms with Crippen LogP contribution < -0.4 is 16.0 Å². The molecule has 0 unspecified atom stereocenters. The Morgan fingerprint density at radius 1 is 1.12 bits per heavy atom. The van der Waals surface area contributed by atoms with Gasteiger partial charge in [0, 0.05) is 40.5 Å². The number of nitrogens with one attached hydrogen (secondary N) is 4. The molecule has 166 valence electrons. The summed E-state index contributed by atoms with van der Waals surface area (Å²) in [5, 5.41) is 20.6. The molecule has 3 aromatic heterocycles. The molecule has 2 amide bonds. The van der Waals surface area contributed by atoms with Gasteiger partial charge in [0.25, 0.3) is 0 Å². The van der Waals surface area contributed by atoms with Crippen LogP contribution in [0.1, 0.15) is 22.6 Å². The van der Waals surface area contributed by atoms with E-state index in [1.165, 1.54) is 6.21 Å². The molecule has 1 aromatic carbocycles. The Balaban J connectivity index is 1.42. The smallest absolute Gasteiger partial charge is 0.320 e. The Morgan fingerprint density at radius 3 is 2.70 bits per heavy atom. The van der Waals surface area contributed by atoms with E-state index in [0.29, 0.717) is 28.5 Å². The van der Waals surface area contributed by atoms with Gasteiger partial charge in [-0.1, -0.05) is 35.5 Å². The minimum atomic E-state index is -0.427. The van der Waals surface area contributed by atoms with Crippen LogP contribution in [0.25, 0.3) is 11.3 Å². The monoisotopic (exact) mass is 441 g/mol. The van der Waals surface area contributed by atoms with Gasteiger partial charge in [0.15, 0.2) is 0 Å². The van der Waals surface area contributed by atoms with Crippen molar-refractivity contribution in [3.05, 3.63) is 83.5 Å². The fourth-order valence-corrected chi connectivity index (χ4v) is 3.29. The number of pyridine rings is 2. The number of hydrogen-bond donors (Lipinski definition) is 4. The minimum absolute atomic E-state index is 0.240. The first-order chi connectivity index (χ1) is 16.0. The van der Waals surface area contributed by atoms with Crippen molar-refractivity contribution in [1.82, 2.24) is 20.4 Å². The largest absolute Gasteiger partial charge is 0.361 e. The number of carbonyl (C=O) groups excluding carboxylic acids is 1. The van der Waals surface area contributed by atoms with Crippen molar-refractivity contribution < 1.29 is 9.32 Å². The summed E-state index contributed by atoms with van der Waals surface area (Å²) in [5.41, 5.74) is 5.35. The predicted molar refractivity (Wildman–Crippen MR) is 127 cm³/mol. The van der Waals surface area contributed by atoms with Crippen LogP contribution in [-0.4, -0.2) is 27.4 Å². The van der Waals surface area contributed by atoms with Crippen molar-refractivity contribution in [2.24, 2.45) is 0 Å². The van der Waals surface area contributed by atoms with Crippen LogP contribution in [0.4, 0.5) is 22.0 Å². The van der Waals surface area contributed by atoms with Crippen LogP contribution in [-0.2, 0) is 6.54 Å². The molecule has 0 aliphatic heterocycles. The molecule has 0 saturated heterocycles. The van der Waals surface area contributed by atoms with Crippen LogP contribution in [0.2, 0.25) is 0 Å². The van der Waals surface area contributed by atoms with Crippen molar-refractivity contribution in [3.8, 4) is 11.3 Å². The summed E-state index contributed by atoms with van der Waals surface area (Å²) < 4.78 is 5.33. The number of benzene rings is 1. The number of hydrogen-bond acceptors (Lipinski definition) is 7. The number of urea groups is 1. The summed E-state index contributed by atoms with van der Waals surface area (Å²) in [7, 11) is 0. The normalized spacial score (nSPS) is 10.5. The molecule has 33 heavy (non-hydrogen) atoms. The maximum absolute atomic E-state index is 12.5. The summed E-state index contributed by atoms with van der Waals surface area (Å²) >= 11 is 0. The number of nitrogens with zero attached hydrogens (tertiary/aromatic N) is 3. The van der Waals surface area contributed by atoms with Crippen molar-refractivity contribution in [2.45, 2.75) is 20.4 Å².